The van der Waals surface area contributed by atoms with Crippen molar-refractivity contribution in [3.63, 3.8) is 0 Å². The molecule has 9 heteroatoms. The number of rotatable bonds is 8. The maximum absolute atomic E-state index is 14.7. The molecule has 0 fully saturated rings. The molecule has 1 aliphatic rings. The van der Waals surface area contributed by atoms with Gasteiger partial charge in [-0.05, 0) is 71.3 Å². The molecule has 0 radical (unpaired) electrons. The molecule has 0 saturated heterocycles. The molecule has 4 aromatic carbocycles. The molecule has 0 spiro atoms. The molecule has 0 saturated carbocycles. The Morgan fingerprint density at radius 3 is 2.27 bits per heavy atom. The molecule has 0 atom stereocenters. The van der Waals surface area contributed by atoms with Crippen LogP contribution in [0.5, 0.6) is 11.5 Å². The highest BCUT2D eigenvalue weighted by molar-refractivity contribution is 6.15. The lowest BCUT2D eigenvalue weighted by atomic mass is 10.1. The number of carboxylic acid groups (broad SMARTS) is 1. The molecule has 40 heavy (non-hydrogen) atoms. The number of hydrogen-bond donors (Lipinski definition) is 1. The van der Waals surface area contributed by atoms with Gasteiger partial charge in [-0.1, -0.05) is 18.2 Å². The number of fused-ring (bicyclic) bond motifs is 1. The Morgan fingerprint density at radius 2 is 1.55 bits per heavy atom. The van der Waals surface area contributed by atoms with E-state index in [-0.39, 0.29) is 29.3 Å². The summed E-state index contributed by atoms with van der Waals surface area (Å²) in [5.41, 5.74) is 2.82. The second kappa shape index (κ2) is 11.1. The zero-order valence-electron chi connectivity index (χ0n) is 20.7. The summed E-state index contributed by atoms with van der Waals surface area (Å²) in [5.74, 6) is -5.23. The topological polar surface area (TPSA) is 72.8 Å². The minimum atomic E-state index is -1.33. The van der Waals surface area contributed by atoms with Crippen molar-refractivity contribution in [2.45, 2.75) is 19.6 Å². The van der Waals surface area contributed by atoms with Crippen LogP contribution in [-0.2, 0) is 19.6 Å². The van der Waals surface area contributed by atoms with E-state index in [1.54, 1.807) is 36.4 Å². The molecule has 0 bridgehead atoms. The first-order valence-electron chi connectivity index (χ1n) is 12.1. The maximum atomic E-state index is 14.7. The Balaban J connectivity index is 1.24. The fourth-order valence-electron chi connectivity index (χ4n) is 4.27. The fraction of sp³-hybridized carbons (Fsp3) is 0.0968. The van der Waals surface area contributed by atoms with Gasteiger partial charge < -0.3 is 14.6 Å². The lowest BCUT2D eigenvalue weighted by Gasteiger charge is -2.09. The number of ether oxygens (including phenoxy) is 2. The molecule has 0 heterocycles. The Bertz CT molecular complexity index is 1660. The van der Waals surface area contributed by atoms with Crippen molar-refractivity contribution in [2.24, 2.45) is 0 Å². The van der Waals surface area contributed by atoms with Gasteiger partial charge in [0.25, 0.3) is 0 Å². The van der Waals surface area contributed by atoms with Crippen LogP contribution in [0.25, 0.3) is 6.08 Å². The van der Waals surface area contributed by atoms with Gasteiger partial charge in [-0.2, -0.15) is 0 Å². The number of hydrogen-bond acceptors (Lipinski definition) is 4. The highest BCUT2D eigenvalue weighted by Crippen LogP contribution is 2.32. The van der Waals surface area contributed by atoms with E-state index in [4.69, 9.17) is 14.6 Å². The van der Waals surface area contributed by atoms with Crippen LogP contribution in [0.4, 0.5) is 17.6 Å². The predicted molar refractivity (Wildman–Crippen MR) is 137 cm³/mol. The second-order valence-electron chi connectivity index (χ2n) is 9.12. The van der Waals surface area contributed by atoms with E-state index >= 15 is 0 Å². The summed E-state index contributed by atoms with van der Waals surface area (Å²) in [4.78, 5) is 23.9. The fourth-order valence-corrected chi connectivity index (χ4v) is 4.27. The van der Waals surface area contributed by atoms with Gasteiger partial charge in [-0.3, -0.25) is 4.79 Å². The molecular weight excluding hydrogens is 528 g/mol. The number of halogens is 4. The minimum absolute atomic E-state index is 0.179. The average molecular weight is 548 g/mol. The molecule has 202 valence electrons. The molecule has 4 aromatic rings. The van der Waals surface area contributed by atoms with Crippen molar-refractivity contribution in [3.8, 4) is 11.5 Å². The number of carbonyl (C=O) groups is 2. The van der Waals surface area contributed by atoms with E-state index in [2.05, 4.69) is 0 Å². The Kier molecular flexibility index (Phi) is 7.37. The largest absolute Gasteiger partial charge is 0.489 e. The van der Waals surface area contributed by atoms with E-state index in [0.29, 0.717) is 41.0 Å². The van der Waals surface area contributed by atoms with Crippen LogP contribution in [0, 0.1) is 23.3 Å². The Hall–Kier alpha value is -4.92. The van der Waals surface area contributed by atoms with Crippen LogP contribution in [0.3, 0.4) is 0 Å². The first kappa shape index (κ1) is 26.7. The molecule has 5 nitrogen and oxygen atoms in total. The Morgan fingerprint density at radius 1 is 0.800 bits per heavy atom. The van der Waals surface area contributed by atoms with Gasteiger partial charge in [0, 0.05) is 29.2 Å². The van der Waals surface area contributed by atoms with E-state index in [0.717, 1.165) is 17.2 Å². The zero-order valence-corrected chi connectivity index (χ0v) is 20.7. The number of carboxylic acids is 1. The standard InChI is InChI=1S/C31H20F4O5/c32-25-14-27(34)26(33)13-22(25)16-40-29-8-3-18(10-28(29)35)9-21-11-20-12-23(6-7-24(20)30(21)36)39-15-17-1-4-19(5-2-17)31(37)38/h1-10,12-14H,11,15-16H2,(H,37,38)/b21-9+. The van der Waals surface area contributed by atoms with Gasteiger partial charge in [0.15, 0.2) is 29.0 Å². The van der Waals surface area contributed by atoms with Crippen LogP contribution in [-0.4, -0.2) is 16.9 Å². The van der Waals surface area contributed by atoms with Gasteiger partial charge in [0.1, 0.15) is 24.8 Å². The average Bonchev–Trinajstić information content (AvgIpc) is 3.23. The summed E-state index contributed by atoms with van der Waals surface area (Å²) in [6.45, 7) is -0.294. The summed E-state index contributed by atoms with van der Waals surface area (Å²) in [5, 5.41) is 9.00. The van der Waals surface area contributed by atoms with Crippen molar-refractivity contribution in [2.75, 3.05) is 0 Å². The molecule has 0 amide bonds. The SMILES string of the molecule is O=C(O)c1ccc(COc2ccc3c(c2)C/C(=C\c2ccc(OCc4cc(F)c(F)cc4F)c(F)c2)C3=O)cc1. The monoisotopic (exact) mass is 548 g/mol. The lowest BCUT2D eigenvalue weighted by Crippen LogP contribution is -2.02. The third-order valence-corrected chi connectivity index (χ3v) is 6.37. The van der Waals surface area contributed by atoms with E-state index in [9.17, 15) is 27.2 Å². The first-order chi connectivity index (χ1) is 19.2. The molecule has 5 rings (SSSR count). The summed E-state index contributed by atoms with van der Waals surface area (Å²) in [7, 11) is 0. The molecule has 0 aliphatic heterocycles. The predicted octanol–water partition coefficient (Wildman–Crippen LogP) is 6.92. The molecule has 0 aromatic heterocycles. The number of carbonyl (C=O) groups excluding carboxylic acids is 1. The van der Waals surface area contributed by atoms with Crippen molar-refractivity contribution >= 4 is 17.8 Å². The van der Waals surface area contributed by atoms with Crippen LogP contribution in [0.15, 0.2) is 78.4 Å². The van der Waals surface area contributed by atoms with Crippen LogP contribution < -0.4 is 9.47 Å². The Labute approximate surface area is 225 Å². The minimum Gasteiger partial charge on any atom is -0.489 e. The van der Waals surface area contributed by atoms with Gasteiger partial charge in [0.2, 0.25) is 0 Å². The molecule has 1 N–H and O–H groups in total. The third-order valence-electron chi connectivity index (χ3n) is 6.37. The van der Waals surface area contributed by atoms with Crippen LogP contribution in [0.2, 0.25) is 0 Å². The number of aromatic carboxylic acids is 1. The third kappa shape index (κ3) is 5.73. The lowest BCUT2D eigenvalue weighted by molar-refractivity contribution is 0.0696. The number of ketones is 1. The maximum Gasteiger partial charge on any atom is 0.335 e. The number of allylic oxidation sites excluding steroid dienone is 1. The summed E-state index contributed by atoms with van der Waals surface area (Å²) >= 11 is 0. The van der Waals surface area contributed by atoms with E-state index in [1.165, 1.54) is 24.3 Å². The second-order valence-corrected chi connectivity index (χ2v) is 9.12. The van der Waals surface area contributed by atoms with Crippen LogP contribution >= 0.6 is 0 Å². The molecule has 1 aliphatic carbocycles. The van der Waals surface area contributed by atoms with Crippen molar-refractivity contribution in [1.29, 1.82) is 0 Å². The quantitative estimate of drug-likeness (QED) is 0.147. The van der Waals surface area contributed by atoms with E-state index in [1.807, 2.05) is 0 Å². The molecule has 0 unspecified atom stereocenters. The highest BCUT2D eigenvalue weighted by Gasteiger charge is 2.25. The van der Waals surface area contributed by atoms with Crippen LogP contribution in [0.1, 0.15) is 43.0 Å². The summed E-state index contributed by atoms with van der Waals surface area (Å²) in [6.07, 6.45) is 1.88. The van der Waals surface area contributed by atoms with Gasteiger partial charge in [-0.25, -0.2) is 22.4 Å². The normalized spacial score (nSPS) is 13.4. The van der Waals surface area contributed by atoms with Gasteiger partial charge >= 0.3 is 5.97 Å². The smallest absolute Gasteiger partial charge is 0.335 e. The van der Waals surface area contributed by atoms with Gasteiger partial charge in [0.05, 0.1) is 5.56 Å². The summed E-state index contributed by atoms with van der Waals surface area (Å²) in [6, 6.07) is 16.4. The van der Waals surface area contributed by atoms with Crippen molar-refractivity contribution in [3.05, 3.63) is 135 Å². The zero-order chi connectivity index (χ0) is 28.4. The summed E-state index contributed by atoms with van der Waals surface area (Å²) < 4.78 is 66.0. The first-order valence-corrected chi connectivity index (χ1v) is 12.1. The highest BCUT2D eigenvalue weighted by atomic mass is 19.2. The number of benzene rings is 4. The van der Waals surface area contributed by atoms with Crippen molar-refractivity contribution in [1.82, 2.24) is 0 Å². The van der Waals surface area contributed by atoms with Crippen molar-refractivity contribution < 1.29 is 41.7 Å². The molecular formula is C31H20F4O5. The number of Topliss-reactive ketones (excluding diaryl/α,β-unsaturated/α-hetero) is 1. The van der Waals surface area contributed by atoms with E-state index < -0.39 is 35.8 Å². The van der Waals surface area contributed by atoms with Gasteiger partial charge in [-0.15, -0.1) is 0 Å².